The second-order valence-corrected chi connectivity index (χ2v) is 12.6. The van der Waals surface area contributed by atoms with Gasteiger partial charge in [0.25, 0.3) is 0 Å². The number of aryl methyl sites for hydroxylation is 1. The maximum atomic E-state index is 12.1. The second-order valence-electron chi connectivity index (χ2n) is 10.5. The van der Waals surface area contributed by atoms with Gasteiger partial charge in [0, 0.05) is 32.5 Å². The zero-order valence-electron chi connectivity index (χ0n) is 23.4. The highest BCUT2D eigenvalue weighted by molar-refractivity contribution is 7.99. The number of anilines is 1. The molecular formula is C34H30ClNO3S2. The van der Waals surface area contributed by atoms with Gasteiger partial charge >= 0.3 is 5.97 Å². The van der Waals surface area contributed by atoms with Gasteiger partial charge in [-0.1, -0.05) is 59.4 Å². The maximum Gasteiger partial charge on any atom is 0.307 e. The minimum absolute atomic E-state index is 0.0278. The van der Waals surface area contributed by atoms with Crippen LogP contribution in [0.1, 0.15) is 33.4 Å². The van der Waals surface area contributed by atoms with Gasteiger partial charge in [-0.25, -0.2) is 0 Å². The van der Waals surface area contributed by atoms with E-state index in [2.05, 4.69) is 79.2 Å². The fourth-order valence-electron chi connectivity index (χ4n) is 5.90. The van der Waals surface area contributed by atoms with Crippen molar-refractivity contribution in [2.45, 2.75) is 40.3 Å². The van der Waals surface area contributed by atoms with Crippen LogP contribution in [0.25, 0.3) is 32.3 Å². The summed E-state index contributed by atoms with van der Waals surface area (Å²) < 4.78 is 9.85. The Bertz CT molecular complexity index is 1810. The van der Waals surface area contributed by atoms with Gasteiger partial charge in [0.05, 0.1) is 18.7 Å². The highest BCUT2D eigenvalue weighted by atomic mass is 35.5. The molecule has 0 radical (unpaired) electrons. The lowest BCUT2D eigenvalue weighted by Crippen LogP contribution is -2.22. The van der Waals surface area contributed by atoms with Crippen LogP contribution in [-0.2, 0) is 24.4 Å². The lowest BCUT2D eigenvalue weighted by molar-refractivity contribution is -0.136. The van der Waals surface area contributed by atoms with E-state index in [4.69, 9.17) is 16.3 Å². The zero-order chi connectivity index (χ0) is 28.8. The number of aliphatic carboxylic acids is 1. The summed E-state index contributed by atoms with van der Waals surface area (Å²) >= 11 is 9.63. The molecule has 5 aromatic rings. The van der Waals surface area contributed by atoms with Gasteiger partial charge in [-0.15, -0.1) is 11.3 Å². The number of halogens is 1. The van der Waals surface area contributed by atoms with Crippen molar-refractivity contribution in [3.05, 3.63) is 104 Å². The Labute approximate surface area is 253 Å². The number of fused-ring (bicyclic) bond motifs is 4. The van der Waals surface area contributed by atoms with Crippen molar-refractivity contribution in [3.8, 4) is 28.0 Å². The number of ether oxygens (including phenoxy) is 1. The molecule has 1 aliphatic heterocycles. The first kappa shape index (κ1) is 27.7. The fraction of sp³-hybridized carbons (Fsp3) is 0.206. The minimum Gasteiger partial charge on any atom is -0.489 e. The van der Waals surface area contributed by atoms with Crippen LogP contribution in [-0.4, -0.2) is 17.3 Å². The molecule has 7 heteroatoms. The molecular weight excluding hydrogens is 570 g/mol. The smallest absolute Gasteiger partial charge is 0.307 e. The van der Waals surface area contributed by atoms with Crippen LogP contribution in [0.2, 0.25) is 5.02 Å². The maximum absolute atomic E-state index is 12.1. The van der Waals surface area contributed by atoms with E-state index in [1.807, 2.05) is 18.2 Å². The van der Waals surface area contributed by atoms with Crippen molar-refractivity contribution < 1.29 is 14.6 Å². The van der Waals surface area contributed by atoms with Crippen LogP contribution in [0.4, 0.5) is 5.69 Å². The third kappa shape index (κ3) is 5.09. The Morgan fingerprint density at radius 1 is 1.02 bits per heavy atom. The zero-order valence-corrected chi connectivity index (χ0v) is 25.8. The number of carboxylic acids is 1. The van der Waals surface area contributed by atoms with E-state index in [9.17, 15) is 9.90 Å². The van der Waals surface area contributed by atoms with Gasteiger partial charge in [-0.3, -0.25) is 4.79 Å². The molecule has 208 valence electrons. The van der Waals surface area contributed by atoms with E-state index in [0.29, 0.717) is 6.61 Å². The molecule has 2 heterocycles. The summed E-state index contributed by atoms with van der Waals surface area (Å²) in [4.78, 5) is 12.1. The molecule has 1 aliphatic rings. The summed E-state index contributed by atoms with van der Waals surface area (Å²) in [6, 6.07) is 20.7. The van der Waals surface area contributed by atoms with E-state index >= 15 is 0 Å². The average molecular weight is 600 g/mol. The summed E-state index contributed by atoms with van der Waals surface area (Å²) in [5.41, 5.74) is 11.9. The molecule has 0 spiro atoms. The highest BCUT2D eigenvalue weighted by Crippen LogP contribution is 2.51. The molecule has 0 amide bonds. The SMILES string of the molecule is CSN1Cc2ccc(OCc3csc4ccc(Cl)cc34)cc2-c2c(C)c(-c3ccc(C)cc3)c(CC(=O)O)c(C)c21. The number of thiophene rings is 1. The molecule has 0 atom stereocenters. The Balaban J connectivity index is 1.48. The Kier molecular flexibility index (Phi) is 7.49. The molecule has 0 fully saturated rings. The molecule has 1 aromatic heterocycles. The lowest BCUT2D eigenvalue weighted by atomic mass is 9.81. The van der Waals surface area contributed by atoms with Crippen molar-refractivity contribution in [3.63, 3.8) is 0 Å². The Morgan fingerprint density at radius 3 is 2.54 bits per heavy atom. The lowest BCUT2D eigenvalue weighted by Gasteiger charge is -2.36. The summed E-state index contributed by atoms with van der Waals surface area (Å²) in [5.74, 6) is -0.0251. The molecule has 0 aliphatic carbocycles. The topological polar surface area (TPSA) is 49.8 Å². The van der Waals surface area contributed by atoms with Crippen LogP contribution in [0.5, 0.6) is 5.75 Å². The predicted octanol–water partition coefficient (Wildman–Crippen LogP) is 9.62. The molecule has 0 saturated carbocycles. The number of hydrogen-bond acceptors (Lipinski definition) is 5. The molecule has 6 rings (SSSR count). The molecule has 0 bridgehead atoms. The predicted molar refractivity (Wildman–Crippen MR) is 174 cm³/mol. The van der Waals surface area contributed by atoms with Crippen LogP contribution >= 0.6 is 34.9 Å². The number of carboxylic acid groups (broad SMARTS) is 1. The first-order chi connectivity index (χ1) is 19.7. The van der Waals surface area contributed by atoms with Crippen molar-refractivity contribution in [2.24, 2.45) is 0 Å². The van der Waals surface area contributed by atoms with E-state index in [1.165, 1.54) is 15.8 Å². The highest BCUT2D eigenvalue weighted by Gasteiger charge is 2.30. The first-order valence-corrected chi connectivity index (χ1v) is 15.9. The van der Waals surface area contributed by atoms with Crippen LogP contribution in [0.3, 0.4) is 0 Å². The molecule has 41 heavy (non-hydrogen) atoms. The van der Waals surface area contributed by atoms with Crippen LogP contribution in [0, 0.1) is 20.8 Å². The standard InChI is InChI=1S/C34H30ClNO3S2/c1-19-5-7-22(8-6-19)32-21(3)33-29-14-26(39-17-24-18-41-30-12-10-25(35)13-28(24)30)11-9-23(29)16-36(40-4)34(33)20(2)27(32)15-31(37)38/h5-14,18H,15-17H2,1-4H3,(H,37,38). The van der Waals surface area contributed by atoms with Gasteiger partial charge in [-0.05, 0) is 95.4 Å². The van der Waals surface area contributed by atoms with Gasteiger partial charge in [0.2, 0.25) is 0 Å². The fourth-order valence-corrected chi connectivity index (χ4v) is 7.68. The Morgan fingerprint density at radius 2 is 1.80 bits per heavy atom. The normalized spacial score (nSPS) is 12.4. The molecule has 4 nitrogen and oxygen atoms in total. The second kappa shape index (κ2) is 11.1. The number of rotatable bonds is 7. The first-order valence-electron chi connectivity index (χ1n) is 13.4. The van der Waals surface area contributed by atoms with Crippen LogP contribution < -0.4 is 9.04 Å². The number of hydrogen-bond donors (Lipinski definition) is 1. The van der Waals surface area contributed by atoms with Crippen molar-refractivity contribution in [2.75, 3.05) is 10.6 Å². The Hall–Kier alpha value is -3.45. The largest absolute Gasteiger partial charge is 0.489 e. The average Bonchev–Trinajstić information content (AvgIpc) is 3.36. The summed E-state index contributed by atoms with van der Waals surface area (Å²) in [6.07, 6.45) is 2.04. The van der Waals surface area contributed by atoms with E-state index < -0.39 is 5.97 Å². The monoisotopic (exact) mass is 599 g/mol. The number of benzene rings is 4. The van der Waals surface area contributed by atoms with Gasteiger partial charge in [0.15, 0.2) is 0 Å². The molecule has 1 N–H and O–H groups in total. The van der Waals surface area contributed by atoms with Gasteiger partial charge in [0.1, 0.15) is 12.4 Å². The van der Waals surface area contributed by atoms with E-state index in [-0.39, 0.29) is 6.42 Å². The summed E-state index contributed by atoms with van der Waals surface area (Å²) in [7, 11) is 0. The molecule has 0 saturated heterocycles. The third-order valence-corrected chi connectivity index (χ3v) is 9.91. The quantitative estimate of drug-likeness (QED) is 0.189. The molecule has 0 unspecified atom stereocenters. The summed E-state index contributed by atoms with van der Waals surface area (Å²) in [5, 5.41) is 13.9. The van der Waals surface area contributed by atoms with Crippen LogP contribution in [0.15, 0.2) is 66.0 Å². The van der Waals surface area contributed by atoms with Crippen molar-refractivity contribution in [1.29, 1.82) is 0 Å². The van der Waals surface area contributed by atoms with Gasteiger partial charge in [-0.2, -0.15) is 0 Å². The van der Waals surface area contributed by atoms with E-state index in [1.54, 1.807) is 23.3 Å². The third-order valence-electron chi connectivity index (χ3n) is 7.91. The number of carbonyl (C=O) groups is 1. The van der Waals surface area contributed by atoms with Crippen molar-refractivity contribution >= 4 is 56.6 Å². The molecule has 4 aromatic carbocycles. The minimum atomic E-state index is -0.828. The van der Waals surface area contributed by atoms with Crippen molar-refractivity contribution in [1.82, 2.24) is 0 Å². The van der Waals surface area contributed by atoms with E-state index in [0.717, 1.165) is 72.9 Å². The number of nitrogens with zero attached hydrogens (tertiary/aromatic N) is 1. The van der Waals surface area contributed by atoms with Gasteiger partial charge < -0.3 is 14.1 Å². The summed E-state index contributed by atoms with van der Waals surface area (Å²) in [6.45, 7) is 7.44.